The minimum atomic E-state index is -1.12. The lowest BCUT2D eigenvalue weighted by Crippen LogP contribution is -1.98. The molecule has 0 aliphatic rings. The van der Waals surface area contributed by atoms with Gasteiger partial charge in [-0.05, 0) is 29.3 Å². The first kappa shape index (κ1) is 13.7. The van der Waals surface area contributed by atoms with Crippen LogP contribution in [-0.4, -0.2) is 9.19 Å². The van der Waals surface area contributed by atoms with Crippen molar-refractivity contribution >= 4 is 26.6 Å². The zero-order chi connectivity index (χ0) is 14.7. The van der Waals surface area contributed by atoms with Crippen molar-refractivity contribution in [2.75, 3.05) is 0 Å². The highest BCUT2D eigenvalue weighted by molar-refractivity contribution is 7.93. The Morgan fingerprint density at radius 3 is 2.67 bits per heavy atom. The molecule has 0 aliphatic carbocycles. The molecule has 0 saturated heterocycles. The highest BCUT2D eigenvalue weighted by Gasteiger charge is 2.09. The first-order valence-corrected chi connectivity index (χ1v) is 8.02. The largest absolute Gasteiger partial charge is 0.256 e. The summed E-state index contributed by atoms with van der Waals surface area (Å²) in [4.78, 5) is 4.95. The van der Waals surface area contributed by atoms with Gasteiger partial charge in [0.15, 0.2) is 0 Å². The molecule has 0 radical (unpaired) electrons. The van der Waals surface area contributed by atoms with Crippen molar-refractivity contribution in [3.63, 3.8) is 0 Å². The molecule has 21 heavy (non-hydrogen) atoms. The van der Waals surface area contributed by atoms with Gasteiger partial charge in [0, 0.05) is 16.5 Å². The molecular weight excluding hydrogens is 278 g/mol. The van der Waals surface area contributed by atoms with Gasteiger partial charge >= 0.3 is 0 Å². The molecule has 2 nitrogen and oxygen atoms in total. The Morgan fingerprint density at radius 2 is 1.86 bits per heavy atom. The summed E-state index contributed by atoms with van der Waals surface area (Å²) in [5.41, 5.74) is 2.90. The molecule has 0 aliphatic heterocycles. The Kier molecular flexibility index (Phi) is 3.93. The molecule has 3 rings (SSSR count). The lowest BCUT2D eigenvalue weighted by molar-refractivity contribution is 0.688. The summed E-state index contributed by atoms with van der Waals surface area (Å²) >= 11 is 0. The quantitative estimate of drug-likeness (QED) is 0.723. The third-order valence-electron chi connectivity index (χ3n) is 3.34. The Labute approximate surface area is 126 Å². The second-order valence-electron chi connectivity index (χ2n) is 4.81. The van der Waals surface area contributed by atoms with E-state index in [1.165, 1.54) is 0 Å². The van der Waals surface area contributed by atoms with Crippen LogP contribution >= 0.6 is 0 Å². The second kappa shape index (κ2) is 6.02. The molecule has 0 unspecified atom stereocenters. The van der Waals surface area contributed by atoms with E-state index < -0.39 is 10.8 Å². The van der Waals surface area contributed by atoms with Crippen LogP contribution in [0.15, 0.2) is 73.4 Å². The first-order chi connectivity index (χ1) is 10.2. The van der Waals surface area contributed by atoms with Gasteiger partial charge < -0.3 is 0 Å². The summed E-state index contributed by atoms with van der Waals surface area (Å²) in [7, 11) is -1.12. The maximum absolute atomic E-state index is 12.4. The summed E-state index contributed by atoms with van der Waals surface area (Å²) in [6, 6.07) is 19.6. The van der Waals surface area contributed by atoms with Gasteiger partial charge in [-0.1, -0.05) is 49.0 Å². The number of aromatic nitrogens is 1. The standard InChI is InChI=1S/C18H15NOS/c1-14(21(20)13-15-6-3-2-4-7-15)16-9-10-18-17(12-16)8-5-11-19-18/h2-12H,1,13H2/t21-/m0/s1. The van der Waals surface area contributed by atoms with E-state index in [0.29, 0.717) is 10.7 Å². The number of pyridine rings is 1. The molecule has 1 atom stereocenters. The van der Waals surface area contributed by atoms with Crippen molar-refractivity contribution in [3.8, 4) is 0 Å². The summed E-state index contributed by atoms with van der Waals surface area (Å²) in [5, 5.41) is 1.04. The van der Waals surface area contributed by atoms with Gasteiger partial charge in [0.2, 0.25) is 0 Å². The van der Waals surface area contributed by atoms with E-state index in [1.54, 1.807) is 6.20 Å². The van der Waals surface area contributed by atoms with E-state index in [-0.39, 0.29) is 0 Å². The number of nitrogens with zero attached hydrogens (tertiary/aromatic N) is 1. The molecule has 0 amide bonds. The molecule has 104 valence electrons. The van der Waals surface area contributed by atoms with Crippen LogP contribution in [0.3, 0.4) is 0 Å². The van der Waals surface area contributed by atoms with E-state index in [2.05, 4.69) is 11.6 Å². The van der Waals surface area contributed by atoms with Crippen LogP contribution in [0.5, 0.6) is 0 Å². The third-order valence-corrected chi connectivity index (χ3v) is 4.72. The average molecular weight is 293 g/mol. The molecule has 0 spiro atoms. The van der Waals surface area contributed by atoms with Gasteiger partial charge in [0.05, 0.1) is 22.1 Å². The monoisotopic (exact) mass is 293 g/mol. The predicted molar refractivity (Wildman–Crippen MR) is 89.1 cm³/mol. The van der Waals surface area contributed by atoms with Crippen molar-refractivity contribution in [2.24, 2.45) is 0 Å². The van der Waals surface area contributed by atoms with Crippen LogP contribution in [0.2, 0.25) is 0 Å². The number of hydrogen-bond donors (Lipinski definition) is 0. The van der Waals surface area contributed by atoms with E-state index in [4.69, 9.17) is 0 Å². The maximum atomic E-state index is 12.4. The fourth-order valence-electron chi connectivity index (χ4n) is 2.19. The van der Waals surface area contributed by atoms with Crippen molar-refractivity contribution in [3.05, 3.63) is 84.6 Å². The highest BCUT2D eigenvalue weighted by Crippen LogP contribution is 2.23. The summed E-state index contributed by atoms with van der Waals surface area (Å²) < 4.78 is 12.4. The Balaban J connectivity index is 1.84. The minimum Gasteiger partial charge on any atom is -0.256 e. The Bertz CT molecular complexity index is 812. The average Bonchev–Trinajstić information content (AvgIpc) is 2.54. The predicted octanol–water partition coefficient (Wildman–Crippen LogP) is 4.15. The van der Waals surface area contributed by atoms with Gasteiger partial charge in [-0.3, -0.25) is 9.19 Å². The van der Waals surface area contributed by atoms with Crippen LogP contribution in [0.25, 0.3) is 15.8 Å². The van der Waals surface area contributed by atoms with Gasteiger partial charge in [-0.2, -0.15) is 0 Å². The van der Waals surface area contributed by atoms with E-state index in [1.807, 2.05) is 60.7 Å². The fourth-order valence-corrected chi connectivity index (χ4v) is 3.25. The van der Waals surface area contributed by atoms with Crippen LogP contribution in [-0.2, 0) is 16.6 Å². The van der Waals surface area contributed by atoms with Crippen LogP contribution in [0.1, 0.15) is 11.1 Å². The van der Waals surface area contributed by atoms with Crippen LogP contribution in [0, 0.1) is 0 Å². The van der Waals surface area contributed by atoms with Gasteiger partial charge in [-0.15, -0.1) is 0 Å². The summed E-state index contributed by atoms with van der Waals surface area (Å²) in [5.74, 6) is 0.491. The molecule has 0 fully saturated rings. The van der Waals surface area contributed by atoms with E-state index in [0.717, 1.165) is 22.0 Å². The SMILES string of the molecule is C=C(c1ccc2ncccc2c1)[S@@](=O)Cc1ccccc1. The van der Waals surface area contributed by atoms with Gasteiger partial charge in [-0.25, -0.2) is 0 Å². The molecular formula is C18H15NOS. The number of benzene rings is 2. The fraction of sp³-hybridized carbons (Fsp3) is 0.0556. The van der Waals surface area contributed by atoms with Gasteiger partial charge in [0.25, 0.3) is 0 Å². The first-order valence-electron chi connectivity index (χ1n) is 6.70. The highest BCUT2D eigenvalue weighted by atomic mass is 32.2. The lowest BCUT2D eigenvalue weighted by Gasteiger charge is -2.07. The number of rotatable bonds is 4. The minimum absolute atomic E-state index is 0.491. The van der Waals surface area contributed by atoms with Crippen molar-refractivity contribution in [1.82, 2.24) is 4.98 Å². The van der Waals surface area contributed by atoms with Crippen molar-refractivity contribution < 1.29 is 4.21 Å². The van der Waals surface area contributed by atoms with Gasteiger partial charge in [0.1, 0.15) is 0 Å². The topological polar surface area (TPSA) is 30.0 Å². The van der Waals surface area contributed by atoms with Crippen LogP contribution < -0.4 is 0 Å². The third kappa shape index (κ3) is 3.09. The normalized spacial score (nSPS) is 12.2. The molecule has 1 heterocycles. The van der Waals surface area contributed by atoms with Crippen LogP contribution in [0.4, 0.5) is 0 Å². The second-order valence-corrected chi connectivity index (χ2v) is 6.28. The van der Waals surface area contributed by atoms with Crippen molar-refractivity contribution in [2.45, 2.75) is 5.75 Å². The van der Waals surface area contributed by atoms with E-state index >= 15 is 0 Å². The summed E-state index contributed by atoms with van der Waals surface area (Å²) in [6.07, 6.45) is 1.77. The zero-order valence-electron chi connectivity index (χ0n) is 11.5. The molecule has 0 saturated carbocycles. The number of fused-ring (bicyclic) bond motifs is 1. The Morgan fingerprint density at radius 1 is 1.05 bits per heavy atom. The molecule has 1 aromatic heterocycles. The Hall–Kier alpha value is -2.26. The molecule has 3 heteroatoms. The van der Waals surface area contributed by atoms with E-state index in [9.17, 15) is 4.21 Å². The molecule has 0 bridgehead atoms. The number of hydrogen-bond acceptors (Lipinski definition) is 2. The molecule has 0 N–H and O–H groups in total. The zero-order valence-corrected chi connectivity index (χ0v) is 12.3. The smallest absolute Gasteiger partial charge is 0.0702 e. The summed E-state index contributed by atoms with van der Waals surface area (Å²) in [6.45, 7) is 4.01. The lowest BCUT2D eigenvalue weighted by atomic mass is 10.1. The maximum Gasteiger partial charge on any atom is 0.0702 e. The van der Waals surface area contributed by atoms with Crippen molar-refractivity contribution in [1.29, 1.82) is 0 Å². The molecule has 2 aromatic carbocycles. The molecule has 3 aromatic rings.